The van der Waals surface area contributed by atoms with Gasteiger partial charge in [0.1, 0.15) is 0 Å². The predicted octanol–water partition coefficient (Wildman–Crippen LogP) is 2.08. The molecule has 3 nitrogen and oxygen atoms in total. The summed E-state index contributed by atoms with van der Waals surface area (Å²) < 4.78 is 18.7. The third kappa shape index (κ3) is 2.11. The van der Waals surface area contributed by atoms with Crippen molar-refractivity contribution in [3.8, 4) is 5.75 Å². The van der Waals surface area contributed by atoms with E-state index in [0.29, 0.717) is 36.6 Å². The lowest BCUT2D eigenvalue weighted by molar-refractivity contribution is 0.0965. The monoisotopic (exact) mass is 243 g/mol. The van der Waals surface area contributed by atoms with E-state index in [9.17, 15) is 9.18 Å². The largest absolute Gasteiger partial charge is 0.490 e. The molecule has 0 saturated carbocycles. The zero-order valence-corrected chi connectivity index (χ0v) is 9.31. The van der Waals surface area contributed by atoms with E-state index in [-0.39, 0.29) is 11.7 Å². The van der Waals surface area contributed by atoms with Gasteiger partial charge in [-0.15, -0.1) is 11.6 Å². The molecule has 1 aliphatic rings. The topological polar surface area (TPSA) is 38.3 Å². The SMILES string of the molecule is O=C1NCc2cc(F)c(OCCCCl)cc21. The van der Waals surface area contributed by atoms with Crippen LogP contribution in [-0.2, 0) is 6.54 Å². The molecule has 0 radical (unpaired) electrons. The van der Waals surface area contributed by atoms with Gasteiger partial charge in [-0.3, -0.25) is 4.79 Å². The number of carbonyl (C=O) groups excluding carboxylic acids is 1. The number of benzene rings is 1. The maximum atomic E-state index is 13.5. The van der Waals surface area contributed by atoms with Crippen molar-refractivity contribution in [3.05, 3.63) is 29.1 Å². The van der Waals surface area contributed by atoms with Gasteiger partial charge in [-0.1, -0.05) is 0 Å². The van der Waals surface area contributed by atoms with Crippen molar-refractivity contribution in [1.29, 1.82) is 0 Å². The number of ether oxygens (including phenoxy) is 1. The van der Waals surface area contributed by atoms with Crippen LogP contribution in [-0.4, -0.2) is 18.4 Å². The summed E-state index contributed by atoms with van der Waals surface area (Å²) in [4.78, 5) is 11.3. The smallest absolute Gasteiger partial charge is 0.252 e. The molecular weight excluding hydrogens is 233 g/mol. The lowest BCUT2D eigenvalue weighted by atomic mass is 10.1. The third-order valence-corrected chi connectivity index (χ3v) is 2.64. The van der Waals surface area contributed by atoms with Gasteiger partial charge in [-0.2, -0.15) is 0 Å². The molecule has 0 saturated heterocycles. The van der Waals surface area contributed by atoms with Gasteiger partial charge < -0.3 is 10.1 Å². The fraction of sp³-hybridized carbons (Fsp3) is 0.364. The van der Waals surface area contributed by atoms with E-state index < -0.39 is 5.82 Å². The first-order valence-electron chi connectivity index (χ1n) is 5.01. The Hall–Kier alpha value is -1.29. The van der Waals surface area contributed by atoms with Gasteiger partial charge in [0.2, 0.25) is 0 Å². The van der Waals surface area contributed by atoms with E-state index in [1.165, 1.54) is 12.1 Å². The molecule has 0 aliphatic carbocycles. The van der Waals surface area contributed by atoms with Crippen LogP contribution in [0, 0.1) is 5.82 Å². The van der Waals surface area contributed by atoms with Gasteiger partial charge in [0.15, 0.2) is 11.6 Å². The number of halogens is 2. The quantitative estimate of drug-likeness (QED) is 0.650. The molecule has 1 amide bonds. The summed E-state index contributed by atoms with van der Waals surface area (Å²) in [5.74, 6) is -0.0459. The first-order chi connectivity index (χ1) is 7.72. The molecule has 86 valence electrons. The van der Waals surface area contributed by atoms with Crippen LogP contribution in [0.25, 0.3) is 0 Å². The van der Waals surface area contributed by atoms with Crippen LogP contribution in [0.3, 0.4) is 0 Å². The van der Waals surface area contributed by atoms with Crippen molar-refractivity contribution >= 4 is 17.5 Å². The van der Waals surface area contributed by atoms with Crippen LogP contribution in [0.2, 0.25) is 0 Å². The number of fused-ring (bicyclic) bond motifs is 1. The average molecular weight is 244 g/mol. The summed E-state index contributed by atoms with van der Waals surface area (Å²) in [7, 11) is 0. The van der Waals surface area contributed by atoms with Crippen molar-refractivity contribution in [2.45, 2.75) is 13.0 Å². The van der Waals surface area contributed by atoms with Crippen molar-refractivity contribution in [1.82, 2.24) is 5.32 Å². The fourth-order valence-electron chi connectivity index (χ4n) is 1.57. The second-order valence-electron chi connectivity index (χ2n) is 3.51. The summed E-state index contributed by atoms with van der Waals surface area (Å²) in [6.45, 7) is 0.730. The van der Waals surface area contributed by atoms with Gasteiger partial charge in [-0.25, -0.2) is 4.39 Å². The lowest BCUT2D eigenvalue weighted by Crippen LogP contribution is -2.12. The molecule has 0 spiro atoms. The van der Waals surface area contributed by atoms with Gasteiger partial charge in [0, 0.05) is 18.0 Å². The minimum atomic E-state index is -0.440. The summed E-state index contributed by atoms with van der Waals surface area (Å²) in [5.41, 5.74) is 1.16. The molecule has 1 aromatic rings. The highest BCUT2D eigenvalue weighted by molar-refractivity contribution is 6.17. The minimum absolute atomic E-state index is 0.112. The number of hydrogen-bond acceptors (Lipinski definition) is 2. The van der Waals surface area contributed by atoms with E-state index in [2.05, 4.69) is 5.32 Å². The summed E-state index contributed by atoms with van der Waals surface area (Å²) in [6.07, 6.45) is 0.643. The van der Waals surface area contributed by atoms with Crippen molar-refractivity contribution in [2.75, 3.05) is 12.5 Å². The highest BCUT2D eigenvalue weighted by Crippen LogP contribution is 2.25. The summed E-state index contributed by atoms with van der Waals surface area (Å²) in [6, 6.07) is 2.78. The normalized spacial score (nSPS) is 13.5. The van der Waals surface area contributed by atoms with Crippen LogP contribution in [0.4, 0.5) is 4.39 Å². The Morgan fingerprint density at radius 3 is 3.06 bits per heavy atom. The number of rotatable bonds is 4. The van der Waals surface area contributed by atoms with E-state index in [1.807, 2.05) is 0 Å². The average Bonchev–Trinajstić information content (AvgIpc) is 2.61. The Balaban J connectivity index is 2.19. The van der Waals surface area contributed by atoms with Gasteiger partial charge in [-0.05, 0) is 24.1 Å². The van der Waals surface area contributed by atoms with Crippen LogP contribution in [0.15, 0.2) is 12.1 Å². The molecule has 0 fully saturated rings. The number of amides is 1. The number of hydrogen-bond donors (Lipinski definition) is 1. The van der Waals surface area contributed by atoms with Crippen LogP contribution in [0.1, 0.15) is 22.3 Å². The molecule has 1 N–H and O–H groups in total. The van der Waals surface area contributed by atoms with Crippen LogP contribution in [0.5, 0.6) is 5.75 Å². The van der Waals surface area contributed by atoms with E-state index in [1.54, 1.807) is 0 Å². The molecule has 0 atom stereocenters. The second-order valence-corrected chi connectivity index (χ2v) is 3.89. The number of alkyl halides is 1. The Morgan fingerprint density at radius 1 is 1.50 bits per heavy atom. The maximum absolute atomic E-state index is 13.5. The van der Waals surface area contributed by atoms with Gasteiger partial charge in [0.25, 0.3) is 5.91 Å². The first-order valence-corrected chi connectivity index (χ1v) is 5.55. The molecule has 2 rings (SSSR count). The van der Waals surface area contributed by atoms with Gasteiger partial charge in [0.05, 0.1) is 6.61 Å². The maximum Gasteiger partial charge on any atom is 0.252 e. The molecular formula is C11H11ClFNO2. The number of nitrogens with one attached hydrogen (secondary N) is 1. The summed E-state index contributed by atoms with van der Waals surface area (Å²) in [5, 5.41) is 2.62. The van der Waals surface area contributed by atoms with E-state index >= 15 is 0 Å². The standard InChI is InChI=1S/C11H11ClFNO2/c12-2-1-3-16-10-5-8-7(4-9(10)13)6-14-11(8)15/h4-5H,1-3,6H2,(H,14,15). The Kier molecular flexibility index (Phi) is 3.29. The van der Waals surface area contributed by atoms with E-state index in [0.717, 1.165) is 0 Å². The highest BCUT2D eigenvalue weighted by Gasteiger charge is 2.21. The molecule has 16 heavy (non-hydrogen) atoms. The third-order valence-electron chi connectivity index (χ3n) is 2.38. The zero-order chi connectivity index (χ0) is 11.5. The molecule has 1 heterocycles. The Labute approximate surface area is 97.5 Å². The van der Waals surface area contributed by atoms with Crippen LogP contribution >= 0.6 is 11.6 Å². The Morgan fingerprint density at radius 2 is 2.31 bits per heavy atom. The Bertz CT molecular complexity index is 423. The van der Waals surface area contributed by atoms with Gasteiger partial charge >= 0.3 is 0 Å². The van der Waals surface area contributed by atoms with E-state index in [4.69, 9.17) is 16.3 Å². The van der Waals surface area contributed by atoms with Crippen molar-refractivity contribution in [2.24, 2.45) is 0 Å². The predicted molar refractivity (Wildman–Crippen MR) is 58.4 cm³/mol. The molecule has 0 unspecified atom stereocenters. The molecule has 1 aliphatic heterocycles. The van der Waals surface area contributed by atoms with Crippen molar-refractivity contribution < 1.29 is 13.9 Å². The molecule has 0 bridgehead atoms. The molecule has 0 aromatic heterocycles. The molecule has 5 heteroatoms. The molecule has 1 aromatic carbocycles. The fourth-order valence-corrected chi connectivity index (χ4v) is 1.68. The van der Waals surface area contributed by atoms with Crippen LogP contribution < -0.4 is 10.1 Å². The van der Waals surface area contributed by atoms with Crippen molar-refractivity contribution in [3.63, 3.8) is 0 Å². The lowest BCUT2D eigenvalue weighted by Gasteiger charge is -2.07. The highest BCUT2D eigenvalue weighted by atomic mass is 35.5. The summed E-state index contributed by atoms with van der Waals surface area (Å²) >= 11 is 5.49. The minimum Gasteiger partial charge on any atom is -0.490 e. The zero-order valence-electron chi connectivity index (χ0n) is 8.56. The number of carbonyl (C=O) groups is 1. The first kappa shape index (κ1) is 11.2. The second kappa shape index (κ2) is 4.70.